The number of rotatable bonds is 6. The monoisotopic (exact) mass is 335 g/mol. The minimum Gasteiger partial charge on any atom is -0.479 e. The van der Waals surface area contributed by atoms with Gasteiger partial charge in [-0.25, -0.2) is 0 Å². The Hall–Kier alpha value is -1.04. The van der Waals surface area contributed by atoms with Crippen LogP contribution in [0.5, 0.6) is 5.75 Å². The van der Waals surface area contributed by atoms with E-state index in [1.54, 1.807) is 31.5 Å². The summed E-state index contributed by atoms with van der Waals surface area (Å²) in [7, 11) is 0. The molecule has 0 aromatic carbocycles. The Kier molecular flexibility index (Phi) is 8.00. The standard InChI is InChI=1S/C14H21N3O2.2ClH/c1-10(19-12-4-3-7-16-8-12)13(18)17-14(2,9-15)11-5-6-11;;/h3-4,7-8,10-11H,5-6,9,15H2,1-2H3,(H,17,18);2*1H. The molecule has 1 heterocycles. The summed E-state index contributed by atoms with van der Waals surface area (Å²) in [6, 6.07) is 3.55. The summed E-state index contributed by atoms with van der Waals surface area (Å²) in [5.74, 6) is 0.946. The van der Waals surface area contributed by atoms with Crippen molar-refractivity contribution in [2.75, 3.05) is 6.54 Å². The van der Waals surface area contributed by atoms with Crippen LogP contribution in [-0.4, -0.2) is 29.1 Å². The third-order valence-electron chi connectivity index (χ3n) is 3.63. The Labute approximate surface area is 137 Å². The van der Waals surface area contributed by atoms with Gasteiger partial charge in [-0.15, -0.1) is 24.8 Å². The molecule has 1 aliphatic carbocycles. The van der Waals surface area contributed by atoms with Crippen LogP contribution in [-0.2, 0) is 4.79 Å². The lowest BCUT2D eigenvalue weighted by Gasteiger charge is -2.30. The second kappa shape index (κ2) is 8.41. The van der Waals surface area contributed by atoms with E-state index < -0.39 is 6.10 Å². The number of hydrogen-bond acceptors (Lipinski definition) is 4. The Morgan fingerprint density at radius 2 is 2.24 bits per heavy atom. The van der Waals surface area contributed by atoms with Gasteiger partial charge in [0, 0.05) is 12.7 Å². The lowest BCUT2D eigenvalue weighted by molar-refractivity contribution is -0.129. The first kappa shape index (κ1) is 20.0. The van der Waals surface area contributed by atoms with E-state index in [0.29, 0.717) is 18.2 Å². The van der Waals surface area contributed by atoms with E-state index in [2.05, 4.69) is 10.3 Å². The molecule has 1 amide bonds. The summed E-state index contributed by atoms with van der Waals surface area (Å²) in [5.41, 5.74) is 5.47. The molecule has 1 aromatic rings. The number of nitrogens with zero attached hydrogens (tertiary/aromatic N) is 1. The summed E-state index contributed by atoms with van der Waals surface area (Å²) >= 11 is 0. The van der Waals surface area contributed by atoms with Gasteiger partial charge < -0.3 is 15.8 Å². The molecule has 1 saturated carbocycles. The third-order valence-corrected chi connectivity index (χ3v) is 3.63. The molecule has 1 aromatic heterocycles. The Morgan fingerprint density at radius 1 is 1.57 bits per heavy atom. The van der Waals surface area contributed by atoms with Gasteiger partial charge in [-0.2, -0.15) is 0 Å². The summed E-state index contributed by atoms with van der Waals surface area (Å²) in [5, 5.41) is 3.02. The molecule has 1 aliphatic rings. The van der Waals surface area contributed by atoms with Gasteiger partial charge in [-0.3, -0.25) is 9.78 Å². The second-order valence-corrected chi connectivity index (χ2v) is 5.33. The molecular weight excluding hydrogens is 313 g/mol. The highest BCUT2D eigenvalue weighted by Gasteiger charge is 2.42. The number of carbonyl (C=O) groups excluding carboxylic acids is 1. The highest BCUT2D eigenvalue weighted by molar-refractivity contribution is 5.85. The van der Waals surface area contributed by atoms with Crippen molar-refractivity contribution in [3.8, 4) is 5.75 Å². The number of halogens is 2. The molecule has 0 spiro atoms. The fourth-order valence-corrected chi connectivity index (χ4v) is 2.10. The summed E-state index contributed by atoms with van der Waals surface area (Å²) < 4.78 is 5.55. The predicted octanol–water partition coefficient (Wildman–Crippen LogP) is 1.94. The van der Waals surface area contributed by atoms with Crippen molar-refractivity contribution >= 4 is 30.7 Å². The average molecular weight is 336 g/mol. The maximum absolute atomic E-state index is 12.1. The smallest absolute Gasteiger partial charge is 0.261 e. The average Bonchev–Trinajstić information content (AvgIpc) is 3.24. The zero-order chi connectivity index (χ0) is 13.9. The zero-order valence-electron chi connectivity index (χ0n) is 12.2. The van der Waals surface area contributed by atoms with E-state index in [9.17, 15) is 4.79 Å². The van der Waals surface area contributed by atoms with Crippen LogP contribution >= 0.6 is 24.8 Å². The van der Waals surface area contributed by atoms with Crippen molar-refractivity contribution in [2.24, 2.45) is 11.7 Å². The van der Waals surface area contributed by atoms with E-state index in [1.165, 1.54) is 0 Å². The van der Waals surface area contributed by atoms with Gasteiger partial charge in [0.05, 0.1) is 11.7 Å². The van der Waals surface area contributed by atoms with E-state index in [4.69, 9.17) is 10.5 Å². The minimum atomic E-state index is -0.561. The fraction of sp³-hybridized carbons (Fsp3) is 0.571. The molecule has 0 radical (unpaired) electrons. The van der Waals surface area contributed by atoms with E-state index >= 15 is 0 Å². The van der Waals surface area contributed by atoms with Gasteiger partial charge in [0.2, 0.25) is 0 Å². The van der Waals surface area contributed by atoms with Crippen molar-refractivity contribution in [3.63, 3.8) is 0 Å². The van der Waals surface area contributed by atoms with Crippen molar-refractivity contribution in [1.82, 2.24) is 10.3 Å². The first-order valence-corrected chi connectivity index (χ1v) is 6.64. The Morgan fingerprint density at radius 3 is 2.71 bits per heavy atom. The molecule has 7 heteroatoms. The SMILES string of the molecule is CC(Oc1cccnc1)C(=O)NC(C)(CN)C1CC1.Cl.Cl. The topological polar surface area (TPSA) is 77.2 Å². The van der Waals surface area contributed by atoms with Gasteiger partial charge in [-0.1, -0.05) is 0 Å². The highest BCUT2D eigenvalue weighted by Crippen LogP contribution is 2.39. The number of hydrogen-bond donors (Lipinski definition) is 2. The summed E-state index contributed by atoms with van der Waals surface area (Å²) in [6.45, 7) is 4.18. The van der Waals surface area contributed by atoms with Crippen LogP contribution in [0.1, 0.15) is 26.7 Å². The van der Waals surface area contributed by atoms with Gasteiger partial charge in [0.15, 0.2) is 6.10 Å². The number of carbonyl (C=O) groups is 1. The number of nitrogens with one attached hydrogen (secondary N) is 1. The van der Waals surface area contributed by atoms with Crippen LogP contribution in [0.4, 0.5) is 0 Å². The number of nitrogens with two attached hydrogens (primary N) is 1. The van der Waals surface area contributed by atoms with Crippen LogP contribution in [0.3, 0.4) is 0 Å². The lowest BCUT2D eigenvalue weighted by Crippen LogP contribution is -2.56. The minimum absolute atomic E-state index is 0. The van der Waals surface area contributed by atoms with Crippen LogP contribution in [0.25, 0.3) is 0 Å². The maximum atomic E-state index is 12.1. The first-order chi connectivity index (χ1) is 9.05. The van der Waals surface area contributed by atoms with Gasteiger partial charge in [0.25, 0.3) is 5.91 Å². The van der Waals surface area contributed by atoms with Crippen LogP contribution in [0.15, 0.2) is 24.5 Å². The zero-order valence-corrected chi connectivity index (χ0v) is 13.9. The van der Waals surface area contributed by atoms with Crippen molar-refractivity contribution in [2.45, 2.75) is 38.3 Å². The Bertz CT molecular complexity index is 443. The number of aromatic nitrogens is 1. The molecule has 2 unspecified atom stereocenters. The quantitative estimate of drug-likeness (QED) is 0.832. The fourth-order valence-electron chi connectivity index (χ4n) is 2.10. The number of amides is 1. The van der Waals surface area contributed by atoms with E-state index in [-0.39, 0.29) is 36.3 Å². The predicted molar refractivity (Wildman–Crippen MR) is 87.1 cm³/mol. The maximum Gasteiger partial charge on any atom is 0.261 e. The highest BCUT2D eigenvalue weighted by atomic mass is 35.5. The Balaban J connectivity index is 0.00000200. The molecule has 0 aliphatic heterocycles. The molecular formula is C14H23Cl2N3O2. The molecule has 1 fully saturated rings. The molecule has 21 heavy (non-hydrogen) atoms. The van der Waals surface area contributed by atoms with Crippen molar-refractivity contribution in [1.29, 1.82) is 0 Å². The van der Waals surface area contributed by atoms with Crippen LogP contribution in [0, 0.1) is 5.92 Å². The van der Waals surface area contributed by atoms with Crippen molar-refractivity contribution in [3.05, 3.63) is 24.5 Å². The normalized spacial score (nSPS) is 17.5. The number of ether oxygens (including phenoxy) is 1. The van der Waals surface area contributed by atoms with E-state index in [1.807, 2.05) is 6.92 Å². The van der Waals surface area contributed by atoms with Crippen molar-refractivity contribution < 1.29 is 9.53 Å². The molecule has 2 atom stereocenters. The largest absolute Gasteiger partial charge is 0.479 e. The van der Waals surface area contributed by atoms with Gasteiger partial charge in [0.1, 0.15) is 5.75 Å². The van der Waals surface area contributed by atoms with Crippen LogP contribution < -0.4 is 15.8 Å². The first-order valence-electron chi connectivity index (χ1n) is 6.64. The summed E-state index contributed by atoms with van der Waals surface area (Å²) in [6.07, 6.45) is 4.95. The second-order valence-electron chi connectivity index (χ2n) is 5.33. The van der Waals surface area contributed by atoms with Gasteiger partial charge in [-0.05, 0) is 44.7 Å². The van der Waals surface area contributed by atoms with Crippen LogP contribution in [0.2, 0.25) is 0 Å². The summed E-state index contributed by atoms with van der Waals surface area (Å²) in [4.78, 5) is 16.1. The van der Waals surface area contributed by atoms with E-state index in [0.717, 1.165) is 12.8 Å². The molecule has 0 saturated heterocycles. The molecule has 2 rings (SSSR count). The lowest BCUT2D eigenvalue weighted by atomic mass is 9.95. The third kappa shape index (κ3) is 5.34. The molecule has 3 N–H and O–H groups in total. The molecule has 120 valence electrons. The number of pyridine rings is 1. The molecule has 0 bridgehead atoms. The van der Waals surface area contributed by atoms with Gasteiger partial charge >= 0.3 is 0 Å². The molecule has 5 nitrogen and oxygen atoms in total.